The van der Waals surface area contributed by atoms with Crippen LogP contribution in [0.4, 0.5) is 0 Å². The van der Waals surface area contributed by atoms with E-state index in [1.54, 1.807) is 86.6 Å². The van der Waals surface area contributed by atoms with Crippen molar-refractivity contribution in [1.29, 1.82) is 5.26 Å². The molecule has 12 nitrogen and oxygen atoms in total. The highest BCUT2D eigenvalue weighted by Crippen LogP contribution is 2.39. The van der Waals surface area contributed by atoms with E-state index in [4.69, 9.17) is 9.47 Å². The van der Waals surface area contributed by atoms with Gasteiger partial charge in [-0.1, -0.05) is 36.4 Å². The van der Waals surface area contributed by atoms with Gasteiger partial charge in [0.05, 0.1) is 64.0 Å². The van der Waals surface area contributed by atoms with Gasteiger partial charge in [0, 0.05) is 11.4 Å². The Hall–Kier alpha value is -6.35. The fourth-order valence-electron chi connectivity index (χ4n) is 6.16. The molecular weight excluding hydrogens is 616 g/mol. The molecule has 0 unspecified atom stereocenters. The third-order valence-corrected chi connectivity index (χ3v) is 8.40. The van der Waals surface area contributed by atoms with E-state index in [-0.39, 0.29) is 65.3 Å². The number of imide groups is 2. The normalized spacial score (nSPS) is 15.8. The Morgan fingerprint density at radius 2 is 1.10 bits per heavy atom. The van der Waals surface area contributed by atoms with Gasteiger partial charge in [0.1, 0.15) is 13.2 Å². The van der Waals surface area contributed by atoms with Gasteiger partial charge in [-0.3, -0.25) is 29.0 Å². The highest BCUT2D eigenvalue weighted by atomic mass is 16.5. The number of nitrogens with zero attached hydrogens (tertiary/aromatic N) is 3. The van der Waals surface area contributed by atoms with Gasteiger partial charge < -0.3 is 14.8 Å². The quantitative estimate of drug-likeness (QED) is 0.270. The number of amides is 4. The smallest absolute Gasteiger partial charge is 0.336 e. The number of nitriles is 1. The lowest BCUT2D eigenvalue weighted by Gasteiger charge is -2.30. The van der Waals surface area contributed by atoms with Crippen LogP contribution in [0.15, 0.2) is 95.3 Å². The van der Waals surface area contributed by atoms with Gasteiger partial charge in [-0.25, -0.2) is 9.59 Å². The zero-order valence-corrected chi connectivity index (χ0v) is 25.9. The number of hydrogen-bond acceptors (Lipinski definition) is 10. The van der Waals surface area contributed by atoms with E-state index in [1.807, 2.05) is 0 Å². The molecule has 0 saturated heterocycles. The number of carbonyl (C=O) groups excluding carboxylic acids is 6. The molecule has 3 heterocycles. The van der Waals surface area contributed by atoms with Crippen LogP contribution in [0.1, 0.15) is 72.3 Å². The Bertz CT molecular complexity index is 1850. The first-order valence-corrected chi connectivity index (χ1v) is 15.1. The molecule has 3 aliphatic rings. The third kappa shape index (κ3) is 5.51. The molecule has 0 aromatic heterocycles. The fourth-order valence-corrected chi connectivity index (χ4v) is 6.16. The first-order chi connectivity index (χ1) is 23.1. The number of fused-ring (bicyclic) bond motifs is 2. The van der Waals surface area contributed by atoms with Crippen molar-refractivity contribution < 1.29 is 38.2 Å². The Morgan fingerprint density at radius 3 is 1.50 bits per heavy atom. The van der Waals surface area contributed by atoms with Crippen molar-refractivity contribution >= 4 is 35.6 Å². The third-order valence-electron chi connectivity index (χ3n) is 8.40. The van der Waals surface area contributed by atoms with Crippen molar-refractivity contribution in [2.75, 3.05) is 26.3 Å². The molecule has 0 atom stereocenters. The van der Waals surface area contributed by atoms with Crippen LogP contribution in [0.25, 0.3) is 0 Å². The summed E-state index contributed by atoms with van der Waals surface area (Å²) in [5.41, 5.74) is 2.70. The zero-order valence-electron chi connectivity index (χ0n) is 25.9. The SMILES string of the molecule is CC1=C(C(=O)OCCN2C(=O)c3ccccc3C2=O)C(c2cccc(C#N)c2)C(C(=O)OCCN2C(=O)c3ccccc3C2=O)=C(C)N1. The number of ether oxygens (including phenoxy) is 2. The van der Waals surface area contributed by atoms with E-state index in [0.29, 0.717) is 17.0 Å². The van der Waals surface area contributed by atoms with E-state index in [2.05, 4.69) is 11.4 Å². The largest absolute Gasteiger partial charge is 0.460 e. The van der Waals surface area contributed by atoms with E-state index < -0.39 is 41.5 Å². The minimum atomic E-state index is -1.03. The first kappa shape index (κ1) is 31.6. The molecule has 0 saturated carbocycles. The summed E-state index contributed by atoms with van der Waals surface area (Å²) in [7, 11) is 0. The first-order valence-electron chi connectivity index (χ1n) is 15.1. The van der Waals surface area contributed by atoms with Gasteiger partial charge in [-0.2, -0.15) is 5.26 Å². The summed E-state index contributed by atoms with van der Waals surface area (Å²) in [5.74, 6) is -4.61. The molecule has 3 aromatic carbocycles. The van der Waals surface area contributed by atoms with Gasteiger partial charge in [-0.15, -0.1) is 0 Å². The number of allylic oxidation sites excluding steroid dienone is 2. The molecule has 0 fully saturated rings. The van der Waals surface area contributed by atoms with E-state index in [9.17, 15) is 34.0 Å². The van der Waals surface area contributed by atoms with Crippen LogP contribution < -0.4 is 5.32 Å². The summed E-state index contributed by atoms with van der Waals surface area (Å²) in [6, 6.07) is 21.3. The molecule has 0 radical (unpaired) electrons. The second-order valence-corrected chi connectivity index (χ2v) is 11.3. The van der Waals surface area contributed by atoms with Crippen LogP contribution in [0.3, 0.4) is 0 Å². The minimum absolute atomic E-state index is 0.0605. The molecule has 6 rings (SSSR count). The maximum absolute atomic E-state index is 13.7. The molecule has 12 heteroatoms. The predicted octanol–water partition coefficient (Wildman–Crippen LogP) is 3.47. The Morgan fingerprint density at radius 1 is 0.688 bits per heavy atom. The Labute approximate surface area is 274 Å². The highest BCUT2D eigenvalue weighted by molar-refractivity contribution is 6.22. The number of carbonyl (C=O) groups is 6. The standard InChI is InChI=1S/C36H28N4O8/c1-20-28(35(45)47-16-14-39-31(41)24-10-3-4-11-25(24)32(39)42)30(23-9-7-8-22(18-23)19-37)29(21(2)38-20)36(46)48-17-15-40-33(43)26-12-5-6-13-27(26)34(40)44/h3-13,18,30,38H,14-17H2,1-2H3. The Balaban J connectivity index is 1.20. The highest BCUT2D eigenvalue weighted by Gasteiger charge is 2.40. The number of benzene rings is 3. The van der Waals surface area contributed by atoms with Crippen LogP contribution >= 0.6 is 0 Å². The van der Waals surface area contributed by atoms with Crippen LogP contribution in [0, 0.1) is 11.3 Å². The summed E-state index contributed by atoms with van der Waals surface area (Å²) in [4.78, 5) is 80.5. The van der Waals surface area contributed by atoms with Gasteiger partial charge in [-0.05, 0) is 55.8 Å². The number of rotatable bonds is 9. The van der Waals surface area contributed by atoms with Gasteiger partial charge in [0.2, 0.25) is 0 Å². The fraction of sp³-hybridized carbons (Fsp3) is 0.194. The topological polar surface area (TPSA) is 163 Å². The summed E-state index contributed by atoms with van der Waals surface area (Å²) in [6.07, 6.45) is 0. The van der Waals surface area contributed by atoms with E-state index >= 15 is 0 Å². The molecule has 4 amide bonds. The molecule has 240 valence electrons. The molecule has 0 bridgehead atoms. The van der Waals surface area contributed by atoms with Crippen molar-refractivity contribution in [2.45, 2.75) is 19.8 Å². The zero-order chi connectivity index (χ0) is 34.1. The second-order valence-electron chi connectivity index (χ2n) is 11.3. The van der Waals surface area contributed by atoms with E-state index in [1.165, 1.54) is 0 Å². The number of hydrogen-bond donors (Lipinski definition) is 1. The predicted molar refractivity (Wildman–Crippen MR) is 168 cm³/mol. The molecule has 1 N–H and O–H groups in total. The lowest BCUT2D eigenvalue weighted by atomic mass is 9.80. The average Bonchev–Trinajstić information content (AvgIpc) is 3.48. The molecule has 48 heavy (non-hydrogen) atoms. The van der Waals surface area contributed by atoms with Gasteiger partial charge in [0.15, 0.2) is 0 Å². The lowest BCUT2D eigenvalue weighted by Crippen LogP contribution is -2.36. The maximum atomic E-state index is 13.7. The monoisotopic (exact) mass is 644 g/mol. The average molecular weight is 645 g/mol. The van der Waals surface area contributed by atoms with Crippen molar-refractivity contribution in [1.82, 2.24) is 15.1 Å². The second kappa shape index (κ2) is 12.8. The summed E-state index contributed by atoms with van der Waals surface area (Å²) < 4.78 is 11.2. The lowest BCUT2D eigenvalue weighted by molar-refractivity contribution is -0.140. The minimum Gasteiger partial charge on any atom is -0.460 e. The molecule has 0 aliphatic carbocycles. The van der Waals surface area contributed by atoms with Crippen LogP contribution in [-0.4, -0.2) is 71.7 Å². The number of dihydropyridines is 1. The van der Waals surface area contributed by atoms with Crippen LogP contribution in [-0.2, 0) is 19.1 Å². The summed E-state index contributed by atoms with van der Waals surface area (Å²) in [6.45, 7) is 2.27. The van der Waals surface area contributed by atoms with Crippen molar-refractivity contribution in [3.05, 3.63) is 129 Å². The van der Waals surface area contributed by atoms with Gasteiger partial charge in [0.25, 0.3) is 23.6 Å². The van der Waals surface area contributed by atoms with E-state index in [0.717, 1.165) is 9.80 Å². The van der Waals surface area contributed by atoms with Gasteiger partial charge >= 0.3 is 11.9 Å². The van der Waals surface area contributed by atoms with Crippen molar-refractivity contribution in [3.63, 3.8) is 0 Å². The summed E-state index contributed by atoms with van der Waals surface area (Å²) in [5, 5.41) is 12.6. The van der Waals surface area contributed by atoms with Crippen LogP contribution in [0.5, 0.6) is 0 Å². The van der Waals surface area contributed by atoms with Crippen molar-refractivity contribution in [3.8, 4) is 6.07 Å². The summed E-state index contributed by atoms with van der Waals surface area (Å²) >= 11 is 0. The number of nitrogens with one attached hydrogen (secondary N) is 1. The molecule has 3 aromatic rings. The number of esters is 2. The Kier molecular flexibility index (Phi) is 8.44. The molecule has 3 aliphatic heterocycles. The van der Waals surface area contributed by atoms with Crippen molar-refractivity contribution in [2.24, 2.45) is 0 Å². The maximum Gasteiger partial charge on any atom is 0.336 e. The van der Waals surface area contributed by atoms with Crippen LogP contribution in [0.2, 0.25) is 0 Å². The molecule has 0 spiro atoms. The molecular formula is C36H28N4O8.